The lowest BCUT2D eigenvalue weighted by atomic mass is 9.82. The van der Waals surface area contributed by atoms with Gasteiger partial charge in [0.25, 0.3) is 0 Å². The summed E-state index contributed by atoms with van der Waals surface area (Å²) in [5.74, 6) is 0. The Morgan fingerprint density at radius 3 is 2.00 bits per heavy atom. The molecule has 1 heterocycles. The van der Waals surface area contributed by atoms with Gasteiger partial charge in [0.05, 0.1) is 5.69 Å². The molecule has 0 N–H and O–H groups in total. The number of hydrogen-bond donors (Lipinski definition) is 0. The molecule has 0 saturated heterocycles. The summed E-state index contributed by atoms with van der Waals surface area (Å²) >= 11 is 1.88. The van der Waals surface area contributed by atoms with Gasteiger partial charge in [-0.25, -0.2) is 0 Å². The monoisotopic (exact) mass is 649 g/mol. The molecule has 0 atom stereocenters. The maximum absolute atomic E-state index is 2.50. The molecule has 0 saturated carbocycles. The first-order valence-corrected chi connectivity index (χ1v) is 18.1. The molecule has 0 aliphatic heterocycles. The standard InChI is InChI=1S/C47H39NS/c1-46(2,3)31-22-24-32(25-23-31)48(33-26-27-40-38(29-33)35-15-8-10-18-39(35)47(40,4)5)41-28-21-30-13-6-7-14-34(30)44(41)37-17-12-20-43-45(37)36-16-9-11-19-42(36)49-43/h6-29H,1-5H3. The third-order valence-electron chi connectivity index (χ3n) is 10.6. The molecule has 8 aromatic rings. The smallest absolute Gasteiger partial charge is 0.0546 e. The fourth-order valence-corrected chi connectivity index (χ4v) is 9.23. The Morgan fingerprint density at radius 2 is 1.18 bits per heavy atom. The third kappa shape index (κ3) is 4.65. The van der Waals surface area contributed by atoms with E-state index < -0.39 is 0 Å². The quantitative estimate of drug-likeness (QED) is 0.183. The van der Waals surface area contributed by atoms with E-state index in [0.29, 0.717) is 0 Å². The van der Waals surface area contributed by atoms with E-state index in [0.717, 1.165) is 11.4 Å². The molecule has 1 aromatic heterocycles. The van der Waals surface area contributed by atoms with Crippen molar-refractivity contribution in [2.75, 3.05) is 4.90 Å². The van der Waals surface area contributed by atoms with Gasteiger partial charge in [-0.05, 0) is 92.0 Å². The molecule has 2 heteroatoms. The Morgan fingerprint density at radius 1 is 0.531 bits per heavy atom. The summed E-state index contributed by atoms with van der Waals surface area (Å²) in [7, 11) is 0. The number of fused-ring (bicyclic) bond motifs is 7. The summed E-state index contributed by atoms with van der Waals surface area (Å²) in [4.78, 5) is 2.50. The van der Waals surface area contributed by atoms with E-state index >= 15 is 0 Å². The largest absolute Gasteiger partial charge is 0.310 e. The minimum atomic E-state index is -0.0482. The second kappa shape index (κ2) is 10.9. The molecule has 7 aromatic carbocycles. The van der Waals surface area contributed by atoms with Gasteiger partial charge in [0.1, 0.15) is 0 Å². The SMILES string of the molecule is CC(C)(C)c1ccc(N(c2ccc3c(c2)-c2ccccc2C3(C)C)c2ccc3ccccc3c2-c2cccc3sc4ccccc4c23)cc1. The summed E-state index contributed by atoms with van der Waals surface area (Å²) in [6.07, 6.45) is 0. The average molecular weight is 650 g/mol. The Balaban J connectivity index is 1.36. The highest BCUT2D eigenvalue weighted by Crippen LogP contribution is 2.53. The molecule has 49 heavy (non-hydrogen) atoms. The van der Waals surface area contributed by atoms with Crippen molar-refractivity contribution in [3.63, 3.8) is 0 Å². The molecule has 9 rings (SSSR count). The molecule has 0 bridgehead atoms. The molecule has 0 fully saturated rings. The van der Waals surface area contributed by atoms with Crippen molar-refractivity contribution in [1.82, 2.24) is 0 Å². The summed E-state index contributed by atoms with van der Waals surface area (Å²) < 4.78 is 2.64. The summed E-state index contributed by atoms with van der Waals surface area (Å²) in [5.41, 5.74) is 12.8. The van der Waals surface area contributed by atoms with Crippen molar-refractivity contribution in [2.24, 2.45) is 0 Å². The predicted molar refractivity (Wildman–Crippen MR) is 213 cm³/mol. The van der Waals surface area contributed by atoms with Crippen molar-refractivity contribution < 1.29 is 0 Å². The van der Waals surface area contributed by atoms with Gasteiger partial charge < -0.3 is 4.90 Å². The van der Waals surface area contributed by atoms with Crippen LogP contribution in [0.25, 0.3) is 53.2 Å². The maximum atomic E-state index is 2.50. The first-order chi connectivity index (χ1) is 23.7. The Kier molecular flexibility index (Phi) is 6.67. The normalized spacial score (nSPS) is 13.6. The zero-order valence-corrected chi connectivity index (χ0v) is 29.5. The maximum Gasteiger partial charge on any atom is 0.0546 e. The molecule has 1 nitrogen and oxygen atoms in total. The molecule has 1 aliphatic rings. The van der Waals surface area contributed by atoms with E-state index in [-0.39, 0.29) is 10.8 Å². The molecule has 0 spiro atoms. The predicted octanol–water partition coefficient (Wildman–Crippen LogP) is 13.9. The van der Waals surface area contributed by atoms with Crippen molar-refractivity contribution in [3.05, 3.63) is 162 Å². The second-order valence-corrected chi connectivity index (χ2v) is 16.1. The summed E-state index contributed by atoms with van der Waals surface area (Å²) in [6.45, 7) is 11.6. The van der Waals surface area contributed by atoms with Crippen molar-refractivity contribution in [3.8, 4) is 22.3 Å². The van der Waals surface area contributed by atoms with Crippen LogP contribution in [-0.4, -0.2) is 0 Å². The van der Waals surface area contributed by atoms with Crippen LogP contribution in [0, 0.1) is 0 Å². The number of anilines is 3. The van der Waals surface area contributed by atoms with E-state index in [1.165, 1.54) is 75.6 Å². The first kappa shape index (κ1) is 29.9. The van der Waals surface area contributed by atoms with Crippen LogP contribution in [0.3, 0.4) is 0 Å². The third-order valence-corrected chi connectivity index (χ3v) is 11.8. The molecule has 0 amide bonds. The number of thiophene rings is 1. The average Bonchev–Trinajstić information content (AvgIpc) is 3.60. The van der Waals surface area contributed by atoms with E-state index in [2.05, 4.69) is 185 Å². The van der Waals surface area contributed by atoms with Gasteiger partial charge in [-0.3, -0.25) is 0 Å². The van der Waals surface area contributed by atoms with Crippen LogP contribution in [0.5, 0.6) is 0 Å². The fourth-order valence-electron chi connectivity index (χ4n) is 8.10. The Hall–Kier alpha value is -5.18. The van der Waals surface area contributed by atoms with Crippen LogP contribution in [0.15, 0.2) is 146 Å². The lowest BCUT2D eigenvalue weighted by molar-refractivity contribution is 0.590. The molecule has 0 radical (unpaired) electrons. The summed E-state index contributed by atoms with van der Waals surface area (Å²) in [5, 5.41) is 5.14. The second-order valence-electron chi connectivity index (χ2n) is 15.0. The van der Waals surface area contributed by atoms with Gasteiger partial charge in [0, 0.05) is 42.5 Å². The van der Waals surface area contributed by atoms with Gasteiger partial charge in [0.15, 0.2) is 0 Å². The molecule has 238 valence electrons. The lowest BCUT2D eigenvalue weighted by Gasteiger charge is -2.30. The highest BCUT2D eigenvalue weighted by atomic mass is 32.1. The van der Waals surface area contributed by atoms with Crippen molar-refractivity contribution in [1.29, 1.82) is 0 Å². The Bertz CT molecular complexity index is 2560. The minimum absolute atomic E-state index is 0.0482. The highest BCUT2D eigenvalue weighted by molar-refractivity contribution is 7.25. The van der Waals surface area contributed by atoms with E-state index in [9.17, 15) is 0 Å². The van der Waals surface area contributed by atoms with Crippen LogP contribution in [0.4, 0.5) is 17.1 Å². The first-order valence-electron chi connectivity index (χ1n) is 17.3. The number of rotatable bonds is 4. The molecular formula is C47H39NS. The highest BCUT2D eigenvalue weighted by Gasteiger charge is 2.35. The van der Waals surface area contributed by atoms with Gasteiger partial charge >= 0.3 is 0 Å². The van der Waals surface area contributed by atoms with Gasteiger partial charge in [-0.2, -0.15) is 0 Å². The van der Waals surface area contributed by atoms with Crippen LogP contribution >= 0.6 is 11.3 Å². The van der Waals surface area contributed by atoms with Crippen molar-refractivity contribution >= 4 is 59.3 Å². The number of benzene rings is 7. The minimum Gasteiger partial charge on any atom is -0.310 e. The number of hydrogen-bond acceptors (Lipinski definition) is 2. The van der Waals surface area contributed by atoms with Crippen LogP contribution in [-0.2, 0) is 10.8 Å². The zero-order valence-electron chi connectivity index (χ0n) is 28.7. The Labute approximate surface area is 293 Å². The van der Waals surface area contributed by atoms with Crippen molar-refractivity contribution in [2.45, 2.75) is 45.4 Å². The van der Waals surface area contributed by atoms with E-state index in [1.807, 2.05) is 11.3 Å². The number of nitrogens with zero attached hydrogens (tertiary/aromatic N) is 1. The lowest BCUT2D eigenvalue weighted by Crippen LogP contribution is -2.16. The summed E-state index contributed by atoms with van der Waals surface area (Å²) in [6, 6.07) is 54.5. The fraction of sp³-hybridized carbons (Fsp3) is 0.149. The van der Waals surface area contributed by atoms with Gasteiger partial charge in [0.2, 0.25) is 0 Å². The van der Waals surface area contributed by atoms with Crippen LogP contribution in [0.2, 0.25) is 0 Å². The van der Waals surface area contributed by atoms with E-state index in [1.54, 1.807) is 0 Å². The zero-order chi connectivity index (χ0) is 33.5. The van der Waals surface area contributed by atoms with E-state index in [4.69, 9.17) is 0 Å². The van der Waals surface area contributed by atoms with Crippen LogP contribution in [0.1, 0.15) is 51.3 Å². The van der Waals surface area contributed by atoms with Gasteiger partial charge in [-0.15, -0.1) is 11.3 Å². The molecule has 1 aliphatic carbocycles. The topological polar surface area (TPSA) is 3.24 Å². The molecule has 0 unspecified atom stereocenters. The molecular weight excluding hydrogens is 611 g/mol. The van der Waals surface area contributed by atoms with Gasteiger partial charge in [-0.1, -0.05) is 138 Å². The van der Waals surface area contributed by atoms with Crippen LogP contribution < -0.4 is 4.90 Å².